The molecule has 4 nitrogen and oxygen atoms in total. The van der Waals surface area contributed by atoms with E-state index in [9.17, 15) is 4.79 Å². The Morgan fingerprint density at radius 2 is 2.38 bits per heavy atom. The lowest BCUT2D eigenvalue weighted by Gasteiger charge is -1.89. The highest BCUT2D eigenvalue weighted by molar-refractivity contribution is 7.15. The summed E-state index contributed by atoms with van der Waals surface area (Å²) in [6, 6.07) is 3.95. The van der Waals surface area contributed by atoms with Crippen LogP contribution in [0.15, 0.2) is 22.8 Å². The number of aliphatic carboxylic acids is 1. The summed E-state index contributed by atoms with van der Waals surface area (Å²) in [7, 11) is 0. The van der Waals surface area contributed by atoms with Crippen molar-refractivity contribution in [3.8, 4) is 10.8 Å². The predicted octanol–water partition coefficient (Wildman–Crippen LogP) is 2.73. The van der Waals surface area contributed by atoms with E-state index < -0.39 is 5.97 Å². The minimum atomic E-state index is -0.823. The van der Waals surface area contributed by atoms with Crippen molar-refractivity contribution >= 4 is 17.3 Å². The van der Waals surface area contributed by atoms with Crippen molar-refractivity contribution in [3.63, 3.8) is 0 Å². The molecule has 0 aromatic carbocycles. The zero-order chi connectivity index (χ0) is 11.5. The smallest absolute Gasteiger partial charge is 0.303 e. The zero-order valence-electron chi connectivity index (χ0n) is 8.77. The van der Waals surface area contributed by atoms with Gasteiger partial charge in [0, 0.05) is 11.3 Å². The molecule has 0 atom stereocenters. The molecule has 0 fully saturated rings. The summed E-state index contributed by atoms with van der Waals surface area (Å²) in [5, 5.41) is 8.55. The minimum absolute atomic E-state index is 0.0788. The molecule has 2 aromatic heterocycles. The number of carbonyl (C=O) groups is 1. The van der Waals surface area contributed by atoms with Crippen LogP contribution in [0.5, 0.6) is 0 Å². The maximum atomic E-state index is 10.4. The van der Waals surface area contributed by atoms with Crippen LogP contribution in [0.25, 0.3) is 10.8 Å². The summed E-state index contributed by atoms with van der Waals surface area (Å²) in [6.07, 6.45) is 2.01. The second kappa shape index (κ2) is 4.49. The van der Waals surface area contributed by atoms with E-state index in [4.69, 9.17) is 9.52 Å². The van der Waals surface area contributed by atoms with Gasteiger partial charge in [-0.05, 0) is 19.1 Å². The topological polar surface area (TPSA) is 63.3 Å². The van der Waals surface area contributed by atoms with Crippen LogP contribution < -0.4 is 0 Å². The molecule has 16 heavy (non-hydrogen) atoms. The largest absolute Gasteiger partial charge is 0.481 e. The number of thiophene rings is 1. The van der Waals surface area contributed by atoms with Crippen molar-refractivity contribution in [1.29, 1.82) is 0 Å². The lowest BCUT2D eigenvalue weighted by molar-refractivity contribution is -0.136. The Balaban J connectivity index is 2.10. The molecule has 84 valence electrons. The maximum Gasteiger partial charge on any atom is 0.303 e. The van der Waals surface area contributed by atoms with Gasteiger partial charge >= 0.3 is 5.97 Å². The Hall–Kier alpha value is -1.62. The normalized spacial score (nSPS) is 10.6. The summed E-state index contributed by atoms with van der Waals surface area (Å²) in [5.41, 5.74) is 0.684. The Morgan fingerprint density at radius 1 is 1.56 bits per heavy atom. The molecule has 5 heteroatoms. The molecule has 0 bridgehead atoms. The van der Waals surface area contributed by atoms with E-state index in [-0.39, 0.29) is 6.42 Å². The number of aryl methyl sites for hydroxylation is 2. The van der Waals surface area contributed by atoms with Gasteiger partial charge in [-0.15, -0.1) is 11.3 Å². The van der Waals surface area contributed by atoms with Gasteiger partial charge < -0.3 is 9.52 Å². The molecular formula is C11H11NO3S. The van der Waals surface area contributed by atoms with Crippen LogP contribution in [0.1, 0.15) is 17.0 Å². The fourth-order valence-electron chi connectivity index (χ4n) is 1.32. The number of hydrogen-bond acceptors (Lipinski definition) is 4. The molecule has 0 aliphatic heterocycles. The van der Waals surface area contributed by atoms with Crippen molar-refractivity contribution in [2.45, 2.75) is 19.8 Å². The summed E-state index contributed by atoms with van der Waals surface area (Å²) < 4.78 is 5.30. The number of aromatic nitrogens is 1. The number of rotatable bonds is 4. The van der Waals surface area contributed by atoms with Crippen LogP contribution in [0.2, 0.25) is 0 Å². The summed E-state index contributed by atoms with van der Waals surface area (Å²) in [5.74, 6) is -0.255. The van der Waals surface area contributed by atoms with Crippen LogP contribution in [0.3, 0.4) is 0 Å². The van der Waals surface area contributed by atoms with Crippen LogP contribution >= 0.6 is 11.3 Å². The Kier molecular flexibility index (Phi) is 3.05. The number of hydrogen-bond donors (Lipinski definition) is 1. The van der Waals surface area contributed by atoms with Crippen molar-refractivity contribution in [2.75, 3.05) is 0 Å². The quantitative estimate of drug-likeness (QED) is 0.888. The van der Waals surface area contributed by atoms with Gasteiger partial charge in [0.15, 0.2) is 0 Å². The van der Waals surface area contributed by atoms with Gasteiger partial charge in [-0.25, -0.2) is 4.98 Å². The molecule has 0 saturated carbocycles. The van der Waals surface area contributed by atoms with Gasteiger partial charge in [-0.3, -0.25) is 4.79 Å². The molecule has 2 aromatic rings. The molecule has 1 N–H and O–H groups in total. The third-order valence-corrected chi connectivity index (χ3v) is 3.09. The van der Waals surface area contributed by atoms with E-state index in [1.54, 1.807) is 11.3 Å². The van der Waals surface area contributed by atoms with E-state index >= 15 is 0 Å². The van der Waals surface area contributed by atoms with Gasteiger partial charge in [-0.1, -0.05) is 0 Å². The predicted molar refractivity (Wildman–Crippen MR) is 60.5 cm³/mol. The molecular weight excluding hydrogens is 226 g/mol. The SMILES string of the molecule is Cc1ccc(-c2nc(CCC(=O)O)co2)s1. The number of nitrogens with zero attached hydrogens (tertiary/aromatic N) is 1. The van der Waals surface area contributed by atoms with Crippen LogP contribution in [0.4, 0.5) is 0 Å². The molecule has 2 heterocycles. The van der Waals surface area contributed by atoms with Crippen molar-refractivity contribution in [2.24, 2.45) is 0 Å². The summed E-state index contributed by atoms with van der Waals surface area (Å²) >= 11 is 1.61. The second-order valence-corrected chi connectivity index (χ2v) is 4.74. The summed E-state index contributed by atoms with van der Waals surface area (Å²) in [4.78, 5) is 16.8. The summed E-state index contributed by atoms with van der Waals surface area (Å²) in [6.45, 7) is 2.02. The number of carboxylic acids is 1. The van der Waals surface area contributed by atoms with E-state index in [1.807, 2.05) is 19.1 Å². The molecule has 0 amide bonds. The highest BCUT2D eigenvalue weighted by Gasteiger charge is 2.09. The maximum absolute atomic E-state index is 10.4. The first-order chi connectivity index (χ1) is 7.65. The van der Waals surface area contributed by atoms with Crippen LogP contribution in [0, 0.1) is 6.92 Å². The Morgan fingerprint density at radius 3 is 3.00 bits per heavy atom. The molecule has 2 rings (SSSR count). The monoisotopic (exact) mass is 237 g/mol. The van der Waals surface area contributed by atoms with Crippen molar-refractivity contribution < 1.29 is 14.3 Å². The number of carboxylic acid groups (broad SMARTS) is 1. The third-order valence-electron chi connectivity index (χ3n) is 2.10. The van der Waals surface area contributed by atoms with E-state index in [0.717, 1.165) is 4.88 Å². The first-order valence-electron chi connectivity index (χ1n) is 4.88. The lowest BCUT2D eigenvalue weighted by Crippen LogP contribution is -1.97. The zero-order valence-corrected chi connectivity index (χ0v) is 9.58. The second-order valence-electron chi connectivity index (χ2n) is 3.45. The third kappa shape index (κ3) is 2.49. The van der Waals surface area contributed by atoms with Crippen LogP contribution in [-0.4, -0.2) is 16.1 Å². The lowest BCUT2D eigenvalue weighted by atomic mass is 10.2. The molecule has 0 unspecified atom stereocenters. The van der Waals surface area contributed by atoms with Gasteiger partial charge in [0.1, 0.15) is 6.26 Å². The van der Waals surface area contributed by atoms with Crippen molar-refractivity contribution in [3.05, 3.63) is 29.0 Å². The Labute approximate surface area is 96.6 Å². The first kappa shape index (κ1) is 10.9. The Bertz CT molecular complexity index is 501. The fraction of sp³-hybridized carbons (Fsp3) is 0.273. The highest BCUT2D eigenvalue weighted by atomic mass is 32.1. The van der Waals surface area contributed by atoms with Gasteiger partial charge in [-0.2, -0.15) is 0 Å². The van der Waals surface area contributed by atoms with Crippen LogP contribution in [-0.2, 0) is 11.2 Å². The van der Waals surface area contributed by atoms with E-state index in [2.05, 4.69) is 4.98 Å². The molecule has 0 radical (unpaired) electrons. The van der Waals surface area contributed by atoms with E-state index in [0.29, 0.717) is 18.0 Å². The molecule has 0 saturated heterocycles. The fourth-order valence-corrected chi connectivity index (χ4v) is 2.12. The average molecular weight is 237 g/mol. The van der Waals surface area contributed by atoms with Gasteiger partial charge in [0.05, 0.1) is 17.0 Å². The van der Waals surface area contributed by atoms with E-state index in [1.165, 1.54) is 11.1 Å². The molecule has 0 aliphatic rings. The first-order valence-corrected chi connectivity index (χ1v) is 5.70. The van der Waals surface area contributed by atoms with Gasteiger partial charge in [0.25, 0.3) is 0 Å². The minimum Gasteiger partial charge on any atom is -0.481 e. The average Bonchev–Trinajstić information content (AvgIpc) is 2.83. The highest BCUT2D eigenvalue weighted by Crippen LogP contribution is 2.26. The standard InChI is InChI=1S/C11H11NO3S/c1-7-2-4-9(16-7)11-12-8(6-15-11)3-5-10(13)14/h2,4,6H,3,5H2,1H3,(H,13,14). The van der Waals surface area contributed by atoms with Crippen molar-refractivity contribution in [1.82, 2.24) is 4.98 Å². The van der Waals surface area contributed by atoms with Gasteiger partial charge in [0.2, 0.25) is 5.89 Å². The molecule has 0 aliphatic carbocycles. The molecule has 0 spiro atoms. The number of oxazole rings is 1.